The Balaban J connectivity index is 2.33. The molecule has 0 N–H and O–H groups in total. The molecule has 2 rings (SSSR count). The summed E-state index contributed by atoms with van der Waals surface area (Å²) in [6, 6.07) is 3.43. The molecule has 0 atom stereocenters. The van der Waals surface area contributed by atoms with Gasteiger partial charge in [-0.25, -0.2) is 9.97 Å². The highest BCUT2D eigenvalue weighted by atomic mass is 79.9. The summed E-state index contributed by atoms with van der Waals surface area (Å²) in [7, 11) is 0. The first-order chi connectivity index (χ1) is 6.77. The fraction of sp³-hybridized carbons (Fsp3) is 0. The molecular weight excluding hydrogens is 246 g/mol. The van der Waals surface area contributed by atoms with Crippen molar-refractivity contribution in [3.8, 4) is 0 Å². The van der Waals surface area contributed by atoms with Gasteiger partial charge in [-0.3, -0.25) is 9.36 Å². The van der Waals surface area contributed by atoms with Gasteiger partial charge in [-0.2, -0.15) is 0 Å². The molecule has 0 aliphatic carbocycles. The van der Waals surface area contributed by atoms with Gasteiger partial charge in [0, 0.05) is 23.1 Å². The zero-order valence-corrected chi connectivity index (χ0v) is 8.68. The minimum Gasteiger partial charge on any atom is -0.271 e. The highest BCUT2D eigenvalue weighted by Crippen LogP contribution is 2.08. The fourth-order valence-corrected chi connectivity index (χ4v) is 1.25. The van der Waals surface area contributed by atoms with Crippen LogP contribution < -0.4 is 0 Å². The average molecular weight is 252 g/mol. The lowest BCUT2D eigenvalue weighted by Gasteiger charge is -1.99. The first-order valence-corrected chi connectivity index (χ1v) is 4.71. The standard InChI is InChI=1S/C9H6BrN3O/c10-7-1-2-8(12-5-7)9(14)13-4-3-11-6-13/h1-6H. The Morgan fingerprint density at radius 3 is 2.86 bits per heavy atom. The number of hydrogen-bond acceptors (Lipinski definition) is 3. The number of halogens is 1. The third-order valence-electron chi connectivity index (χ3n) is 1.69. The quantitative estimate of drug-likeness (QED) is 0.776. The van der Waals surface area contributed by atoms with Crippen LogP contribution in [0.1, 0.15) is 10.5 Å². The maximum Gasteiger partial charge on any atom is 0.281 e. The van der Waals surface area contributed by atoms with Crippen molar-refractivity contribution < 1.29 is 4.79 Å². The van der Waals surface area contributed by atoms with E-state index in [0.717, 1.165) is 4.47 Å². The maximum absolute atomic E-state index is 11.7. The van der Waals surface area contributed by atoms with E-state index in [1.807, 2.05) is 0 Å². The number of nitrogens with zero attached hydrogens (tertiary/aromatic N) is 3. The third-order valence-corrected chi connectivity index (χ3v) is 2.15. The Kier molecular flexibility index (Phi) is 2.41. The lowest BCUT2D eigenvalue weighted by molar-refractivity contribution is 0.0955. The molecule has 0 unspecified atom stereocenters. The molecule has 0 bridgehead atoms. The van der Waals surface area contributed by atoms with Crippen molar-refractivity contribution in [1.82, 2.24) is 14.5 Å². The molecule has 0 amide bonds. The van der Waals surface area contributed by atoms with Crippen LogP contribution in [0.2, 0.25) is 0 Å². The summed E-state index contributed by atoms with van der Waals surface area (Å²) in [4.78, 5) is 19.4. The fourth-order valence-electron chi connectivity index (χ4n) is 1.01. The molecule has 0 spiro atoms. The Morgan fingerprint density at radius 2 is 2.29 bits per heavy atom. The van der Waals surface area contributed by atoms with Gasteiger partial charge in [0.05, 0.1) is 0 Å². The lowest BCUT2D eigenvalue weighted by atomic mass is 10.3. The zero-order chi connectivity index (χ0) is 9.97. The third kappa shape index (κ3) is 1.72. The van der Waals surface area contributed by atoms with Crippen molar-refractivity contribution in [3.05, 3.63) is 47.2 Å². The van der Waals surface area contributed by atoms with Crippen LogP contribution in [0, 0.1) is 0 Å². The molecule has 4 nitrogen and oxygen atoms in total. The SMILES string of the molecule is O=C(c1ccc(Br)cn1)n1ccnc1. The lowest BCUT2D eigenvalue weighted by Crippen LogP contribution is -2.11. The number of imidazole rings is 1. The largest absolute Gasteiger partial charge is 0.281 e. The van der Waals surface area contributed by atoms with E-state index >= 15 is 0 Å². The van der Waals surface area contributed by atoms with E-state index in [4.69, 9.17) is 0 Å². The summed E-state index contributed by atoms with van der Waals surface area (Å²) in [6.45, 7) is 0. The summed E-state index contributed by atoms with van der Waals surface area (Å²) < 4.78 is 2.23. The molecule has 0 aliphatic rings. The van der Waals surface area contributed by atoms with Crippen LogP contribution in [-0.2, 0) is 0 Å². The van der Waals surface area contributed by atoms with E-state index in [9.17, 15) is 4.79 Å². The van der Waals surface area contributed by atoms with Gasteiger partial charge in [0.2, 0.25) is 0 Å². The second kappa shape index (κ2) is 3.71. The van der Waals surface area contributed by atoms with Crippen molar-refractivity contribution in [2.45, 2.75) is 0 Å². The zero-order valence-electron chi connectivity index (χ0n) is 7.09. The van der Waals surface area contributed by atoms with Crippen molar-refractivity contribution >= 4 is 21.8 Å². The van der Waals surface area contributed by atoms with Gasteiger partial charge in [0.15, 0.2) is 0 Å². The van der Waals surface area contributed by atoms with Crippen molar-refractivity contribution in [2.24, 2.45) is 0 Å². The van der Waals surface area contributed by atoms with Crippen LogP contribution in [-0.4, -0.2) is 20.4 Å². The number of rotatable bonds is 1. The summed E-state index contributed by atoms with van der Waals surface area (Å²) in [6.07, 6.45) is 6.18. The molecule has 5 heteroatoms. The van der Waals surface area contributed by atoms with Gasteiger partial charge < -0.3 is 0 Å². The van der Waals surface area contributed by atoms with Crippen molar-refractivity contribution in [3.63, 3.8) is 0 Å². The predicted molar refractivity (Wildman–Crippen MR) is 53.9 cm³/mol. The van der Waals surface area contributed by atoms with E-state index in [1.54, 1.807) is 30.7 Å². The van der Waals surface area contributed by atoms with Crippen LogP contribution in [0.4, 0.5) is 0 Å². The Bertz CT molecular complexity index is 436. The molecular formula is C9H6BrN3O. The number of pyridine rings is 1. The topological polar surface area (TPSA) is 47.8 Å². The van der Waals surface area contributed by atoms with Crippen molar-refractivity contribution in [1.29, 1.82) is 0 Å². The van der Waals surface area contributed by atoms with Gasteiger partial charge in [-0.05, 0) is 28.1 Å². The molecule has 70 valence electrons. The summed E-state index contributed by atoms with van der Waals surface area (Å²) in [5.74, 6) is -0.185. The summed E-state index contributed by atoms with van der Waals surface area (Å²) >= 11 is 3.25. The number of carbonyl (C=O) groups excluding carboxylic acids is 1. The molecule has 14 heavy (non-hydrogen) atoms. The maximum atomic E-state index is 11.7. The molecule has 2 aromatic heterocycles. The van der Waals surface area contributed by atoms with Crippen LogP contribution in [0.25, 0.3) is 0 Å². The number of hydrogen-bond donors (Lipinski definition) is 0. The molecule has 2 aromatic rings. The van der Waals surface area contributed by atoms with E-state index in [2.05, 4.69) is 25.9 Å². The molecule has 0 saturated carbocycles. The Hall–Kier alpha value is -1.49. The Morgan fingerprint density at radius 1 is 1.43 bits per heavy atom. The molecule has 0 radical (unpaired) electrons. The monoisotopic (exact) mass is 251 g/mol. The predicted octanol–water partition coefficient (Wildman–Crippen LogP) is 1.73. The van der Waals surface area contributed by atoms with E-state index < -0.39 is 0 Å². The van der Waals surface area contributed by atoms with Crippen LogP contribution in [0.15, 0.2) is 41.5 Å². The van der Waals surface area contributed by atoms with E-state index in [0.29, 0.717) is 5.69 Å². The van der Waals surface area contributed by atoms with Gasteiger partial charge in [-0.1, -0.05) is 0 Å². The number of aromatic nitrogens is 3. The smallest absolute Gasteiger partial charge is 0.271 e. The van der Waals surface area contributed by atoms with Crippen molar-refractivity contribution in [2.75, 3.05) is 0 Å². The Labute approximate surface area is 88.7 Å². The summed E-state index contributed by atoms with van der Waals surface area (Å²) in [5, 5.41) is 0. The highest BCUT2D eigenvalue weighted by molar-refractivity contribution is 9.10. The van der Waals surface area contributed by atoms with E-state index in [-0.39, 0.29) is 5.91 Å². The first-order valence-electron chi connectivity index (χ1n) is 3.91. The van der Waals surface area contributed by atoms with Gasteiger partial charge in [0.1, 0.15) is 12.0 Å². The molecule has 0 fully saturated rings. The number of carbonyl (C=O) groups is 1. The minimum absolute atomic E-state index is 0.185. The van der Waals surface area contributed by atoms with Gasteiger partial charge in [0.25, 0.3) is 5.91 Å². The van der Waals surface area contributed by atoms with Gasteiger partial charge in [-0.15, -0.1) is 0 Å². The molecule has 0 aliphatic heterocycles. The molecule has 0 saturated heterocycles. The highest BCUT2D eigenvalue weighted by Gasteiger charge is 2.07. The summed E-state index contributed by atoms with van der Waals surface area (Å²) in [5.41, 5.74) is 0.395. The van der Waals surface area contributed by atoms with Gasteiger partial charge >= 0.3 is 0 Å². The molecule has 2 heterocycles. The first kappa shape index (κ1) is 9.08. The van der Waals surface area contributed by atoms with Crippen LogP contribution in [0.3, 0.4) is 0 Å². The van der Waals surface area contributed by atoms with Crippen LogP contribution in [0.5, 0.6) is 0 Å². The second-order valence-electron chi connectivity index (χ2n) is 2.64. The van der Waals surface area contributed by atoms with Crippen LogP contribution >= 0.6 is 15.9 Å². The minimum atomic E-state index is -0.185. The molecule has 0 aromatic carbocycles. The van der Waals surface area contributed by atoms with E-state index in [1.165, 1.54) is 10.9 Å². The second-order valence-corrected chi connectivity index (χ2v) is 3.55. The normalized spacial score (nSPS) is 10.1. The average Bonchev–Trinajstić information content (AvgIpc) is 2.71.